The van der Waals surface area contributed by atoms with Gasteiger partial charge in [-0.15, -0.1) is 0 Å². The van der Waals surface area contributed by atoms with Crippen LogP contribution in [0, 0.1) is 0 Å². The molecule has 24 heavy (non-hydrogen) atoms. The molecule has 0 aliphatic carbocycles. The average Bonchev–Trinajstić information content (AvgIpc) is 2.95. The molecule has 2 heterocycles. The van der Waals surface area contributed by atoms with Crippen LogP contribution in [0.15, 0.2) is 24.3 Å². The van der Waals surface area contributed by atoms with E-state index in [2.05, 4.69) is 29.8 Å². The number of nitrogens with zero attached hydrogens (tertiary/aromatic N) is 2. The second-order valence-corrected chi connectivity index (χ2v) is 6.89. The summed E-state index contributed by atoms with van der Waals surface area (Å²) < 4.78 is 7.49. The van der Waals surface area contributed by atoms with Crippen molar-refractivity contribution >= 4 is 16.9 Å². The monoisotopic (exact) mass is 330 g/mol. The van der Waals surface area contributed by atoms with Crippen LogP contribution in [0.3, 0.4) is 0 Å². The van der Waals surface area contributed by atoms with Crippen LogP contribution < -0.4 is 11.1 Å². The summed E-state index contributed by atoms with van der Waals surface area (Å²) in [5, 5.41) is 3.06. The fourth-order valence-electron chi connectivity index (χ4n) is 3.28. The lowest BCUT2D eigenvalue weighted by Crippen LogP contribution is -2.57. The number of fused-ring (bicyclic) bond motifs is 1. The molecule has 3 rings (SSSR count). The number of ether oxygens (including phenoxy) is 1. The molecule has 1 saturated heterocycles. The highest BCUT2D eigenvalue weighted by Crippen LogP contribution is 2.26. The number of amides is 1. The van der Waals surface area contributed by atoms with E-state index in [1.54, 1.807) is 0 Å². The van der Waals surface area contributed by atoms with Crippen molar-refractivity contribution in [2.75, 3.05) is 13.2 Å². The Labute approximate surface area is 142 Å². The molecule has 3 N–H and O–H groups in total. The van der Waals surface area contributed by atoms with Gasteiger partial charge in [0.15, 0.2) is 0 Å². The van der Waals surface area contributed by atoms with Crippen LogP contribution in [0.1, 0.15) is 51.5 Å². The van der Waals surface area contributed by atoms with Gasteiger partial charge in [0.1, 0.15) is 5.82 Å². The van der Waals surface area contributed by atoms with Crippen LogP contribution in [0.25, 0.3) is 11.0 Å². The maximum Gasteiger partial charge on any atom is 0.240 e. The number of benzene rings is 1. The molecular weight excluding hydrogens is 304 g/mol. The van der Waals surface area contributed by atoms with Gasteiger partial charge < -0.3 is 20.4 Å². The quantitative estimate of drug-likeness (QED) is 0.901. The van der Waals surface area contributed by atoms with Crippen molar-refractivity contribution < 1.29 is 9.53 Å². The van der Waals surface area contributed by atoms with E-state index >= 15 is 0 Å². The number of hydrogen-bond acceptors (Lipinski definition) is 4. The van der Waals surface area contributed by atoms with Crippen LogP contribution in [0.5, 0.6) is 0 Å². The Morgan fingerprint density at radius 1 is 1.29 bits per heavy atom. The summed E-state index contributed by atoms with van der Waals surface area (Å²) in [7, 11) is 0. The molecule has 6 heteroatoms. The van der Waals surface area contributed by atoms with Gasteiger partial charge in [-0.2, -0.15) is 0 Å². The van der Waals surface area contributed by atoms with E-state index in [-0.39, 0.29) is 18.0 Å². The molecule has 1 amide bonds. The van der Waals surface area contributed by atoms with Gasteiger partial charge in [0, 0.05) is 19.3 Å². The third kappa shape index (κ3) is 3.03. The van der Waals surface area contributed by atoms with Gasteiger partial charge >= 0.3 is 0 Å². The number of nitrogens with two attached hydrogens (primary N) is 1. The number of carbonyl (C=O) groups excluding carboxylic acids is 1. The summed E-state index contributed by atoms with van der Waals surface area (Å²) in [6.45, 7) is 7.26. The van der Waals surface area contributed by atoms with Crippen molar-refractivity contribution in [3.63, 3.8) is 0 Å². The van der Waals surface area contributed by atoms with E-state index in [9.17, 15) is 4.79 Å². The first-order valence-corrected chi connectivity index (χ1v) is 8.57. The zero-order chi connectivity index (χ0) is 17.3. The zero-order valence-electron chi connectivity index (χ0n) is 14.6. The molecule has 1 atom stereocenters. The summed E-state index contributed by atoms with van der Waals surface area (Å²) in [4.78, 5) is 17.4. The molecule has 0 spiro atoms. The minimum atomic E-state index is -0.846. The molecule has 1 aromatic carbocycles. The van der Waals surface area contributed by atoms with E-state index in [0.717, 1.165) is 16.9 Å². The van der Waals surface area contributed by atoms with Gasteiger partial charge in [-0.25, -0.2) is 4.98 Å². The van der Waals surface area contributed by atoms with Crippen LogP contribution in [-0.2, 0) is 9.53 Å². The first-order chi connectivity index (χ1) is 11.4. The van der Waals surface area contributed by atoms with Crippen LogP contribution in [0.2, 0.25) is 0 Å². The summed E-state index contributed by atoms with van der Waals surface area (Å²) in [5.41, 5.74) is 7.46. The van der Waals surface area contributed by atoms with Crippen LogP contribution >= 0.6 is 0 Å². The van der Waals surface area contributed by atoms with Crippen molar-refractivity contribution in [3.8, 4) is 0 Å². The largest absolute Gasteiger partial charge is 0.381 e. The molecule has 1 aliphatic heterocycles. The summed E-state index contributed by atoms with van der Waals surface area (Å²) in [5.74, 6) is 0.732. The molecular formula is C18H26N4O2. The van der Waals surface area contributed by atoms with Crippen molar-refractivity contribution in [1.29, 1.82) is 0 Å². The second-order valence-electron chi connectivity index (χ2n) is 6.89. The minimum Gasteiger partial charge on any atom is -0.381 e. The Balaban J connectivity index is 1.87. The fourth-order valence-corrected chi connectivity index (χ4v) is 3.28. The zero-order valence-corrected chi connectivity index (χ0v) is 14.6. The highest BCUT2D eigenvalue weighted by molar-refractivity contribution is 5.86. The minimum absolute atomic E-state index is 0.124. The first-order valence-electron chi connectivity index (χ1n) is 8.57. The third-order valence-corrected chi connectivity index (χ3v) is 4.71. The Bertz CT molecular complexity index is 732. The number of nitrogens with one attached hydrogen (secondary N) is 1. The maximum absolute atomic E-state index is 12.7. The molecule has 130 valence electrons. The van der Waals surface area contributed by atoms with Gasteiger partial charge in [0.2, 0.25) is 5.91 Å². The fraction of sp³-hybridized carbons (Fsp3) is 0.556. The SMILES string of the molecule is CC(NC(=O)C1(N)CCOCC1)c1nc2ccccc2n1C(C)C. The van der Waals surface area contributed by atoms with Gasteiger partial charge in [-0.1, -0.05) is 12.1 Å². The van der Waals surface area contributed by atoms with E-state index in [1.807, 2.05) is 25.1 Å². The van der Waals surface area contributed by atoms with Gasteiger partial charge in [-0.05, 0) is 45.7 Å². The predicted octanol–water partition coefficient (Wildman–Crippen LogP) is 2.30. The second kappa shape index (κ2) is 6.53. The Morgan fingerprint density at radius 3 is 2.62 bits per heavy atom. The lowest BCUT2D eigenvalue weighted by atomic mass is 9.90. The van der Waals surface area contributed by atoms with E-state index < -0.39 is 5.54 Å². The molecule has 0 saturated carbocycles. The van der Waals surface area contributed by atoms with Crippen LogP contribution in [-0.4, -0.2) is 34.2 Å². The predicted molar refractivity (Wildman–Crippen MR) is 93.6 cm³/mol. The lowest BCUT2D eigenvalue weighted by molar-refractivity contribution is -0.130. The van der Waals surface area contributed by atoms with Crippen molar-refractivity contribution in [2.45, 2.75) is 51.2 Å². The molecule has 1 unspecified atom stereocenters. The van der Waals surface area contributed by atoms with Crippen molar-refractivity contribution in [1.82, 2.24) is 14.9 Å². The van der Waals surface area contributed by atoms with Gasteiger partial charge in [0.05, 0.1) is 22.6 Å². The number of hydrogen-bond donors (Lipinski definition) is 2. The maximum atomic E-state index is 12.7. The standard InChI is InChI=1S/C18H26N4O2/c1-12(2)22-15-7-5-4-6-14(15)21-16(22)13(3)20-17(23)18(19)8-10-24-11-9-18/h4-7,12-13H,8-11,19H2,1-3H3,(H,20,23). The number of rotatable bonds is 4. The summed E-state index contributed by atoms with van der Waals surface area (Å²) in [6, 6.07) is 8.08. The van der Waals surface area contributed by atoms with Crippen molar-refractivity contribution in [2.24, 2.45) is 5.73 Å². The van der Waals surface area contributed by atoms with E-state index in [1.165, 1.54) is 0 Å². The number of imidazole rings is 1. The molecule has 1 aliphatic rings. The Hall–Kier alpha value is -1.92. The first kappa shape index (κ1) is 16.9. The van der Waals surface area contributed by atoms with Crippen LogP contribution in [0.4, 0.5) is 0 Å². The smallest absolute Gasteiger partial charge is 0.240 e. The highest BCUT2D eigenvalue weighted by Gasteiger charge is 2.37. The molecule has 0 radical (unpaired) electrons. The van der Waals surface area contributed by atoms with E-state index in [0.29, 0.717) is 26.1 Å². The molecule has 1 fully saturated rings. The normalized spacial score (nSPS) is 18.7. The lowest BCUT2D eigenvalue weighted by Gasteiger charge is -2.33. The topological polar surface area (TPSA) is 82.2 Å². The molecule has 1 aromatic heterocycles. The van der Waals surface area contributed by atoms with E-state index in [4.69, 9.17) is 15.5 Å². The highest BCUT2D eigenvalue weighted by atomic mass is 16.5. The number of para-hydroxylation sites is 2. The Morgan fingerprint density at radius 2 is 1.96 bits per heavy atom. The van der Waals surface area contributed by atoms with Gasteiger partial charge in [0.25, 0.3) is 0 Å². The Kier molecular flexibility index (Phi) is 4.60. The average molecular weight is 330 g/mol. The molecule has 2 aromatic rings. The third-order valence-electron chi connectivity index (χ3n) is 4.71. The summed E-state index contributed by atoms with van der Waals surface area (Å²) >= 11 is 0. The molecule has 0 bridgehead atoms. The number of aromatic nitrogens is 2. The number of carbonyl (C=O) groups is 1. The summed E-state index contributed by atoms with van der Waals surface area (Å²) in [6.07, 6.45) is 1.10. The van der Waals surface area contributed by atoms with Gasteiger partial charge in [-0.3, -0.25) is 4.79 Å². The molecule has 6 nitrogen and oxygen atoms in total. The van der Waals surface area contributed by atoms with Crippen molar-refractivity contribution in [3.05, 3.63) is 30.1 Å².